The maximum atomic E-state index is 14.0. The Labute approximate surface area is 240 Å². The van der Waals surface area contributed by atoms with Crippen LogP contribution in [0.2, 0.25) is 0 Å². The number of imidazole rings is 1. The van der Waals surface area contributed by atoms with Crippen LogP contribution in [0.4, 0.5) is 10.6 Å². The fourth-order valence-electron chi connectivity index (χ4n) is 5.63. The van der Waals surface area contributed by atoms with Gasteiger partial charge in [0.25, 0.3) is 5.91 Å². The van der Waals surface area contributed by atoms with Gasteiger partial charge in [-0.3, -0.25) is 14.6 Å². The molecule has 2 amide bonds. The molecule has 1 saturated heterocycles. The maximum absolute atomic E-state index is 14.0. The number of benzene rings is 3. The zero-order chi connectivity index (χ0) is 28.2. The first-order chi connectivity index (χ1) is 20.1. The van der Waals surface area contributed by atoms with Gasteiger partial charge in [-0.25, -0.2) is 9.78 Å². The molecular formula is C33H35N5O3. The van der Waals surface area contributed by atoms with Crippen molar-refractivity contribution >= 4 is 34.7 Å². The number of fused-ring (bicyclic) bond motifs is 2. The van der Waals surface area contributed by atoms with Crippen molar-refractivity contribution in [1.82, 2.24) is 19.4 Å². The first-order valence-electron chi connectivity index (χ1n) is 14.3. The number of hydrogen-bond donors (Lipinski definition) is 0. The zero-order valence-corrected chi connectivity index (χ0v) is 23.4. The molecule has 2 aliphatic heterocycles. The number of anilines is 1. The average Bonchev–Trinajstić information content (AvgIpc) is 3.41. The summed E-state index contributed by atoms with van der Waals surface area (Å²) in [5.41, 5.74) is 1.66. The minimum atomic E-state index is -0.569. The molecule has 0 spiro atoms. The van der Waals surface area contributed by atoms with Gasteiger partial charge in [0.2, 0.25) is 0 Å². The third-order valence-electron chi connectivity index (χ3n) is 7.93. The van der Waals surface area contributed by atoms with Gasteiger partial charge >= 0.3 is 6.09 Å². The van der Waals surface area contributed by atoms with E-state index in [-0.39, 0.29) is 5.91 Å². The van der Waals surface area contributed by atoms with Crippen molar-refractivity contribution in [3.63, 3.8) is 0 Å². The SMILES string of the molecule is CN(C(=O)Oc1cccc2ccccc12)c1nc2n(c1C(=O)N1CCN(CC=Cc3ccccc3)CC1)CCCC2. The Morgan fingerprint density at radius 3 is 2.49 bits per heavy atom. The third kappa shape index (κ3) is 5.74. The predicted molar refractivity (Wildman–Crippen MR) is 161 cm³/mol. The normalized spacial score (nSPS) is 15.7. The molecule has 1 fully saturated rings. The maximum Gasteiger partial charge on any atom is 0.420 e. The van der Waals surface area contributed by atoms with Gasteiger partial charge in [0, 0.05) is 58.1 Å². The summed E-state index contributed by atoms with van der Waals surface area (Å²) in [4.78, 5) is 37.8. The molecule has 8 nitrogen and oxygen atoms in total. The molecule has 1 aromatic heterocycles. The molecule has 0 saturated carbocycles. The molecule has 0 radical (unpaired) electrons. The Bertz CT molecular complexity index is 1570. The van der Waals surface area contributed by atoms with E-state index in [1.807, 2.05) is 64.1 Å². The van der Waals surface area contributed by atoms with E-state index < -0.39 is 6.09 Å². The van der Waals surface area contributed by atoms with Gasteiger partial charge in [-0.1, -0.05) is 78.9 Å². The molecule has 4 aromatic rings. The van der Waals surface area contributed by atoms with Gasteiger partial charge in [0.1, 0.15) is 11.6 Å². The molecule has 8 heteroatoms. The number of piperazine rings is 1. The number of aromatic nitrogens is 2. The van der Waals surface area contributed by atoms with Crippen LogP contribution < -0.4 is 9.64 Å². The van der Waals surface area contributed by atoms with Crippen molar-refractivity contribution in [1.29, 1.82) is 0 Å². The van der Waals surface area contributed by atoms with E-state index in [2.05, 4.69) is 29.2 Å². The Balaban J connectivity index is 1.17. The standard InChI is InChI=1S/C33H35N5O3/c1-35(33(40)41-28-17-9-15-26-14-5-6-16-27(26)28)31-30(38-20-8-7-18-29(38)34-31)32(39)37-23-21-36(22-24-37)19-10-13-25-11-3-2-4-12-25/h2-6,9-17H,7-8,18-24H2,1H3. The minimum absolute atomic E-state index is 0.0788. The van der Waals surface area contributed by atoms with Gasteiger partial charge in [0.05, 0.1) is 0 Å². The van der Waals surface area contributed by atoms with Crippen LogP contribution in [0.15, 0.2) is 78.9 Å². The van der Waals surface area contributed by atoms with Crippen LogP contribution in [-0.4, -0.2) is 71.1 Å². The molecule has 0 aliphatic carbocycles. The van der Waals surface area contributed by atoms with Gasteiger partial charge in [-0.15, -0.1) is 0 Å². The van der Waals surface area contributed by atoms with Gasteiger partial charge < -0.3 is 14.2 Å². The highest BCUT2D eigenvalue weighted by atomic mass is 16.6. The molecule has 3 aromatic carbocycles. The molecule has 3 heterocycles. The monoisotopic (exact) mass is 549 g/mol. The number of hydrogen-bond acceptors (Lipinski definition) is 5. The number of rotatable bonds is 6. The topological polar surface area (TPSA) is 70.9 Å². The van der Waals surface area contributed by atoms with E-state index in [1.165, 1.54) is 10.5 Å². The molecule has 0 atom stereocenters. The molecule has 2 aliphatic rings. The summed E-state index contributed by atoms with van der Waals surface area (Å²) < 4.78 is 7.85. The van der Waals surface area contributed by atoms with Crippen LogP contribution in [0.1, 0.15) is 34.7 Å². The Morgan fingerprint density at radius 2 is 1.66 bits per heavy atom. The lowest BCUT2D eigenvalue weighted by Gasteiger charge is -2.34. The number of aryl methyl sites for hydroxylation is 1. The van der Waals surface area contributed by atoms with Crippen LogP contribution >= 0.6 is 0 Å². The van der Waals surface area contributed by atoms with Crippen molar-refractivity contribution in [3.8, 4) is 5.75 Å². The fourth-order valence-corrected chi connectivity index (χ4v) is 5.63. The highest BCUT2D eigenvalue weighted by molar-refractivity contribution is 6.02. The van der Waals surface area contributed by atoms with Crippen LogP contribution in [0.5, 0.6) is 5.75 Å². The summed E-state index contributed by atoms with van der Waals surface area (Å²) in [6.07, 6.45) is 6.53. The van der Waals surface area contributed by atoms with Crippen molar-refractivity contribution in [3.05, 3.63) is 96.0 Å². The highest BCUT2D eigenvalue weighted by Gasteiger charge is 2.33. The quantitative estimate of drug-likeness (QED) is 0.319. The fraction of sp³-hybridized carbons (Fsp3) is 0.303. The minimum Gasteiger partial charge on any atom is -0.409 e. The summed E-state index contributed by atoms with van der Waals surface area (Å²) >= 11 is 0. The lowest BCUT2D eigenvalue weighted by Crippen LogP contribution is -2.49. The van der Waals surface area contributed by atoms with Crippen molar-refractivity contribution in [2.24, 2.45) is 0 Å². The largest absolute Gasteiger partial charge is 0.420 e. The molecule has 0 N–H and O–H groups in total. The second-order valence-electron chi connectivity index (χ2n) is 10.6. The molecule has 6 rings (SSSR count). The van der Waals surface area contributed by atoms with Gasteiger partial charge in [-0.2, -0.15) is 0 Å². The highest BCUT2D eigenvalue weighted by Crippen LogP contribution is 2.30. The van der Waals surface area contributed by atoms with E-state index in [4.69, 9.17) is 9.72 Å². The van der Waals surface area contributed by atoms with Crippen molar-refractivity contribution in [2.45, 2.75) is 25.8 Å². The zero-order valence-electron chi connectivity index (χ0n) is 23.4. The number of carbonyl (C=O) groups excluding carboxylic acids is 2. The van der Waals surface area contributed by atoms with E-state index in [0.29, 0.717) is 30.4 Å². The molecule has 0 bridgehead atoms. The Morgan fingerprint density at radius 1 is 0.902 bits per heavy atom. The van der Waals surface area contributed by atoms with E-state index in [0.717, 1.165) is 62.0 Å². The summed E-state index contributed by atoms with van der Waals surface area (Å²) in [7, 11) is 1.63. The lowest BCUT2D eigenvalue weighted by molar-refractivity contribution is 0.0639. The Hall–Kier alpha value is -4.43. The number of amides is 2. The third-order valence-corrected chi connectivity index (χ3v) is 7.93. The molecular weight excluding hydrogens is 514 g/mol. The summed E-state index contributed by atoms with van der Waals surface area (Å²) in [5.74, 6) is 1.62. The van der Waals surface area contributed by atoms with Gasteiger partial charge in [-0.05, 0) is 29.9 Å². The average molecular weight is 550 g/mol. The molecule has 0 unspecified atom stereocenters. The van der Waals surface area contributed by atoms with E-state index in [1.54, 1.807) is 13.1 Å². The van der Waals surface area contributed by atoms with Crippen LogP contribution in [-0.2, 0) is 13.0 Å². The van der Waals surface area contributed by atoms with E-state index >= 15 is 0 Å². The van der Waals surface area contributed by atoms with Gasteiger partial charge in [0.15, 0.2) is 11.5 Å². The first-order valence-corrected chi connectivity index (χ1v) is 14.3. The van der Waals surface area contributed by atoms with Crippen molar-refractivity contribution in [2.75, 3.05) is 44.7 Å². The second kappa shape index (κ2) is 12.0. The number of nitrogens with zero attached hydrogens (tertiary/aromatic N) is 5. The lowest BCUT2D eigenvalue weighted by atomic mass is 10.1. The number of carbonyl (C=O) groups is 2. The van der Waals surface area contributed by atoms with Crippen LogP contribution in [0.3, 0.4) is 0 Å². The summed E-state index contributed by atoms with van der Waals surface area (Å²) in [6.45, 7) is 4.40. The summed E-state index contributed by atoms with van der Waals surface area (Å²) in [5, 5.41) is 1.84. The first kappa shape index (κ1) is 26.8. The summed E-state index contributed by atoms with van der Waals surface area (Å²) in [6, 6.07) is 23.7. The molecule has 210 valence electrons. The van der Waals surface area contributed by atoms with Crippen LogP contribution in [0.25, 0.3) is 16.8 Å². The van der Waals surface area contributed by atoms with Crippen molar-refractivity contribution < 1.29 is 14.3 Å². The van der Waals surface area contributed by atoms with Crippen LogP contribution in [0, 0.1) is 0 Å². The molecule has 41 heavy (non-hydrogen) atoms. The Kier molecular flexibility index (Phi) is 7.82. The predicted octanol–water partition coefficient (Wildman–Crippen LogP) is 5.48. The number of ether oxygens (including phenoxy) is 1. The van der Waals surface area contributed by atoms with E-state index in [9.17, 15) is 9.59 Å². The smallest absolute Gasteiger partial charge is 0.409 e. The second-order valence-corrected chi connectivity index (χ2v) is 10.6.